The third-order valence-electron chi connectivity index (χ3n) is 4.26. The van der Waals surface area contributed by atoms with Crippen LogP contribution in [0.4, 0.5) is 13.2 Å². The number of likely N-dealkylation sites (tertiary alicyclic amines) is 1. The van der Waals surface area contributed by atoms with E-state index in [1.165, 1.54) is 4.90 Å². The first-order chi connectivity index (χ1) is 8.40. The molecule has 0 aromatic heterocycles. The Bertz CT molecular complexity index is 324. The zero-order valence-corrected chi connectivity index (χ0v) is 10.5. The molecule has 0 bridgehead atoms. The fraction of sp³-hybridized carbons (Fsp3) is 0.917. The second kappa shape index (κ2) is 4.72. The Balaban J connectivity index is 2.15. The Hall–Kier alpha value is -0.780. The van der Waals surface area contributed by atoms with E-state index in [1.54, 1.807) is 0 Å². The summed E-state index contributed by atoms with van der Waals surface area (Å²) in [6.07, 6.45) is -2.86. The number of rotatable bonds is 2. The molecule has 2 fully saturated rings. The number of alkyl halides is 3. The van der Waals surface area contributed by atoms with Gasteiger partial charge in [-0.2, -0.15) is 13.2 Å². The van der Waals surface area contributed by atoms with E-state index in [2.05, 4.69) is 5.32 Å². The minimum Gasteiger partial charge on any atom is -0.342 e. The van der Waals surface area contributed by atoms with Crippen molar-refractivity contribution in [2.75, 3.05) is 26.2 Å². The lowest BCUT2D eigenvalue weighted by Gasteiger charge is -2.33. The summed E-state index contributed by atoms with van der Waals surface area (Å²) in [5.41, 5.74) is -2.18. The summed E-state index contributed by atoms with van der Waals surface area (Å²) < 4.78 is 39.6. The molecule has 2 aliphatic heterocycles. The molecule has 2 saturated heterocycles. The molecule has 2 heterocycles. The number of hydrogen-bond acceptors (Lipinski definition) is 2. The van der Waals surface area contributed by atoms with Gasteiger partial charge in [-0.25, -0.2) is 0 Å². The van der Waals surface area contributed by atoms with Crippen LogP contribution < -0.4 is 5.32 Å². The molecule has 0 aromatic carbocycles. The van der Waals surface area contributed by atoms with E-state index in [4.69, 9.17) is 0 Å². The van der Waals surface area contributed by atoms with Crippen LogP contribution in [0.1, 0.15) is 26.2 Å². The smallest absolute Gasteiger partial charge is 0.342 e. The summed E-state index contributed by atoms with van der Waals surface area (Å²) in [5.74, 6) is -0.371. The van der Waals surface area contributed by atoms with Gasteiger partial charge in [0.2, 0.25) is 5.91 Å². The minimum absolute atomic E-state index is 0.136. The van der Waals surface area contributed by atoms with Crippen LogP contribution in [0.25, 0.3) is 0 Å². The second-order valence-corrected chi connectivity index (χ2v) is 5.32. The van der Waals surface area contributed by atoms with Crippen LogP contribution in [-0.4, -0.2) is 43.2 Å². The maximum absolute atomic E-state index is 13.2. The number of halogens is 3. The highest BCUT2D eigenvalue weighted by molar-refractivity contribution is 5.84. The topological polar surface area (TPSA) is 32.3 Å². The van der Waals surface area contributed by atoms with Gasteiger partial charge in [0.05, 0.1) is 0 Å². The Morgan fingerprint density at radius 3 is 2.67 bits per heavy atom. The van der Waals surface area contributed by atoms with Gasteiger partial charge in [0.1, 0.15) is 0 Å². The Labute approximate surface area is 105 Å². The average molecular weight is 264 g/mol. The summed E-state index contributed by atoms with van der Waals surface area (Å²) in [5, 5.41) is 2.68. The van der Waals surface area contributed by atoms with Gasteiger partial charge in [-0.05, 0) is 25.3 Å². The predicted octanol–water partition coefficient (Wildman–Crippen LogP) is 1.79. The molecule has 0 aromatic rings. The first-order valence-corrected chi connectivity index (χ1v) is 6.47. The van der Waals surface area contributed by atoms with Gasteiger partial charge in [-0.3, -0.25) is 4.79 Å². The highest BCUT2D eigenvalue weighted by Crippen LogP contribution is 2.45. The largest absolute Gasteiger partial charge is 0.404 e. The van der Waals surface area contributed by atoms with Crippen LogP contribution >= 0.6 is 0 Å². The van der Waals surface area contributed by atoms with Gasteiger partial charge in [0.25, 0.3) is 0 Å². The molecule has 104 valence electrons. The zero-order chi connectivity index (χ0) is 13.4. The number of carbonyl (C=O) groups excluding carboxylic acids is 1. The maximum atomic E-state index is 13.2. The maximum Gasteiger partial charge on any atom is 0.404 e. The van der Waals surface area contributed by atoms with E-state index in [9.17, 15) is 18.0 Å². The van der Waals surface area contributed by atoms with Gasteiger partial charge in [0.15, 0.2) is 5.41 Å². The van der Waals surface area contributed by atoms with Gasteiger partial charge in [0, 0.05) is 19.6 Å². The van der Waals surface area contributed by atoms with E-state index >= 15 is 0 Å². The van der Waals surface area contributed by atoms with Crippen molar-refractivity contribution in [1.82, 2.24) is 10.2 Å². The SMILES string of the molecule is CCC1CCN(C(=O)C2(C(F)(F)F)CCNC2)C1. The number of amides is 1. The van der Waals surface area contributed by atoms with Crippen LogP contribution in [0.5, 0.6) is 0 Å². The Morgan fingerprint density at radius 2 is 2.22 bits per heavy atom. The molecule has 1 N–H and O–H groups in total. The summed E-state index contributed by atoms with van der Waals surface area (Å²) in [4.78, 5) is 13.7. The van der Waals surface area contributed by atoms with E-state index < -0.39 is 17.5 Å². The molecule has 1 amide bonds. The number of nitrogens with one attached hydrogen (secondary N) is 1. The van der Waals surface area contributed by atoms with Crippen molar-refractivity contribution in [3.05, 3.63) is 0 Å². The molecule has 2 unspecified atom stereocenters. The van der Waals surface area contributed by atoms with Gasteiger partial charge >= 0.3 is 6.18 Å². The molecule has 0 aliphatic carbocycles. The molecule has 0 radical (unpaired) electrons. The minimum atomic E-state index is -4.46. The van der Waals surface area contributed by atoms with Crippen LogP contribution in [-0.2, 0) is 4.79 Å². The lowest BCUT2D eigenvalue weighted by atomic mass is 9.84. The summed E-state index contributed by atoms with van der Waals surface area (Å²) in [6, 6.07) is 0. The number of carbonyl (C=O) groups is 1. The zero-order valence-electron chi connectivity index (χ0n) is 10.5. The third kappa shape index (κ3) is 2.11. The van der Waals surface area contributed by atoms with Crippen molar-refractivity contribution in [2.45, 2.75) is 32.4 Å². The average Bonchev–Trinajstić information content (AvgIpc) is 2.97. The normalized spacial score (nSPS) is 33.1. The standard InChI is InChI=1S/C12H19F3N2O/c1-2-9-3-6-17(7-9)10(18)11(12(13,14)15)4-5-16-8-11/h9,16H,2-8H2,1H3. The first kappa shape index (κ1) is 13.6. The van der Waals surface area contributed by atoms with Gasteiger partial charge in [-0.1, -0.05) is 13.3 Å². The number of hydrogen-bond donors (Lipinski definition) is 1. The summed E-state index contributed by atoms with van der Waals surface area (Å²) >= 11 is 0. The van der Waals surface area contributed by atoms with Crippen LogP contribution in [0.2, 0.25) is 0 Å². The molecule has 2 rings (SSSR count). The van der Waals surface area contributed by atoms with E-state index in [-0.39, 0.29) is 19.5 Å². The van der Waals surface area contributed by atoms with E-state index in [0.717, 1.165) is 12.8 Å². The Morgan fingerprint density at radius 1 is 1.50 bits per heavy atom. The van der Waals surface area contributed by atoms with E-state index in [0.29, 0.717) is 19.0 Å². The molecule has 2 aliphatic rings. The van der Waals surface area contributed by atoms with Crippen molar-refractivity contribution >= 4 is 5.91 Å². The fourth-order valence-electron chi connectivity index (χ4n) is 2.89. The number of nitrogens with zero attached hydrogens (tertiary/aromatic N) is 1. The quantitative estimate of drug-likeness (QED) is 0.824. The second-order valence-electron chi connectivity index (χ2n) is 5.32. The lowest BCUT2D eigenvalue weighted by molar-refractivity contribution is -0.221. The molecule has 0 saturated carbocycles. The molecular formula is C12H19F3N2O. The third-order valence-corrected chi connectivity index (χ3v) is 4.26. The van der Waals surface area contributed by atoms with Gasteiger partial charge in [-0.15, -0.1) is 0 Å². The molecule has 6 heteroatoms. The monoisotopic (exact) mass is 264 g/mol. The van der Waals surface area contributed by atoms with Crippen molar-refractivity contribution < 1.29 is 18.0 Å². The summed E-state index contributed by atoms with van der Waals surface area (Å²) in [7, 11) is 0. The van der Waals surface area contributed by atoms with Crippen molar-refractivity contribution in [3.63, 3.8) is 0 Å². The Kier molecular flexibility index (Phi) is 3.58. The van der Waals surface area contributed by atoms with Crippen LogP contribution in [0.15, 0.2) is 0 Å². The molecule has 18 heavy (non-hydrogen) atoms. The predicted molar refractivity (Wildman–Crippen MR) is 61.0 cm³/mol. The molecule has 0 spiro atoms. The molecule has 3 nitrogen and oxygen atoms in total. The summed E-state index contributed by atoms with van der Waals surface area (Å²) in [6.45, 7) is 2.94. The van der Waals surface area contributed by atoms with Crippen LogP contribution in [0, 0.1) is 11.3 Å². The highest BCUT2D eigenvalue weighted by Gasteiger charge is 2.62. The van der Waals surface area contributed by atoms with Crippen molar-refractivity contribution in [2.24, 2.45) is 11.3 Å². The van der Waals surface area contributed by atoms with Crippen LogP contribution in [0.3, 0.4) is 0 Å². The van der Waals surface area contributed by atoms with Gasteiger partial charge < -0.3 is 10.2 Å². The molecular weight excluding hydrogens is 245 g/mol. The first-order valence-electron chi connectivity index (χ1n) is 6.47. The van der Waals surface area contributed by atoms with Crippen molar-refractivity contribution in [1.29, 1.82) is 0 Å². The van der Waals surface area contributed by atoms with Crippen molar-refractivity contribution in [3.8, 4) is 0 Å². The lowest BCUT2D eigenvalue weighted by Crippen LogP contribution is -2.53. The highest BCUT2D eigenvalue weighted by atomic mass is 19.4. The van der Waals surface area contributed by atoms with E-state index in [1.807, 2.05) is 6.92 Å². The fourth-order valence-corrected chi connectivity index (χ4v) is 2.89. The molecule has 2 atom stereocenters.